The number of quaternary nitrogens is 1. The topological polar surface area (TPSA) is 115 Å². The third kappa shape index (κ3) is 14.8. The lowest BCUT2D eigenvalue weighted by molar-refractivity contribution is -0.929. The average Bonchev–Trinajstić information content (AvgIpc) is 2.77. The molecule has 0 heterocycles. The highest BCUT2D eigenvalue weighted by atomic mass is 16.4. The predicted molar refractivity (Wildman–Crippen MR) is 128 cm³/mol. The zero-order valence-corrected chi connectivity index (χ0v) is 21.3. The van der Waals surface area contributed by atoms with Crippen molar-refractivity contribution in [1.82, 2.24) is 0 Å². The molecule has 0 radical (unpaired) electrons. The number of unbranched alkanes of at least 4 members (excludes halogenated alkanes) is 5. The van der Waals surface area contributed by atoms with Crippen LogP contribution in [0.2, 0.25) is 0 Å². The van der Waals surface area contributed by atoms with E-state index >= 15 is 0 Å². The van der Waals surface area contributed by atoms with Crippen molar-refractivity contribution < 1.29 is 34.2 Å². The van der Waals surface area contributed by atoms with Gasteiger partial charge < -0.3 is 24.6 Å². The fraction of sp³-hybridized carbons (Fsp3) is 0.808. The molecule has 0 aromatic carbocycles. The number of carbonyl (C=O) groups excluding carboxylic acids is 1. The quantitative estimate of drug-likeness (QED) is 0.149. The molecular formula is C26H47NO6. The van der Waals surface area contributed by atoms with Crippen LogP contribution in [0.4, 0.5) is 0 Å². The molecule has 2 N–H and O–H groups in total. The molecule has 0 spiro atoms. The Balaban J connectivity index is 5.20. The van der Waals surface area contributed by atoms with E-state index in [4.69, 9.17) is 0 Å². The van der Waals surface area contributed by atoms with Gasteiger partial charge in [0, 0.05) is 31.1 Å². The summed E-state index contributed by atoms with van der Waals surface area (Å²) < 4.78 is 0.569. The molecule has 3 unspecified atom stereocenters. The van der Waals surface area contributed by atoms with E-state index < -0.39 is 35.7 Å². The molecule has 0 aliphatic carbocycles. The van der Waals surface area contributed by atoms with Gasteiger partial charge in [0.15, 0.2) is 0 Å². The molecule has 0 saturated carbocycles. The maximum Gasteiger partial charge on any atom is 0.306 e. The second-order valence-corrected chi connectivity index (χ2v) is 9.76. The molecule has 7 nitrogen and oxygen atoms in total. The smallest absolute Gasteiger partial charge is 0.306 e. The van der Waals surface area contributed by atoms with Crippen LogP contribution < -0.4 is 5.11 Å². The van der Waals surface area contributed by atoms with E-state index in [1.807, 2.05) is 0 Å². The minimum Gasteiger partial charge on any atom is -0.550 e. The average molecular weight is 470 g/mol. The second-order valence-electron chi connectivity index (χ2n) is 9.76. The van der Waals surface area contributed by atoms with Gasteiger partial charge in [-0.25, -0.2) is 0 Å². The van der Waals surface area contributed by atoms with E-state index in [2.05, 4.69) is 19.1 Å². The van der Waals surface area contributed by atoms with Crippen molar-refractivity contribution in [3.05, 3.63) is 12.2 Å². The Morgan fingerprint density at radius 1 is 0.727 bits per heavy atom. The summed E-state index contributed by atoms with van der Waals surface area (Å²) >= 11 is 0. The maximum atomic E-state index is 11.4. The largest absolute Gasteiger partial charge is 0.550 e. The van der Waals surface area contributed by atoms with E-state index in [1.165, 1.54) is 12.8 Å². The van der Waals surface area contributed by atoms with Gasteiger partial charge in [-0.3, -0.25) is 9.59 Å². The summed E-state index contributed by atoms with van der Waals surface area (Å²) in [5, 5.41) is 29.9. The maximum absolute atomic E-state index is 11.4. The summed E-state index contributed by atoms with van der Waals surface area (Å²) in [6, 6.07) is 0. The van der Waals surface area contributed by atoms with Crippen LogP contribution in [0, 0.1) is 17.8 Å². The third-order valence-electron chi connectivity index (χ3n) is 6.75. The van der Waals surface area contributed by atoms with Crippen molar-refractivity contribution in [1.29, 1.82) is 0 Å². The molecule has 0 aromatic rings. The lowest BCUT2D eigenvalue weighted by atomic mass is 10.0. The van der Waals surface area contributed by atoms with Gasteiger partial charge in [0.05, 0.1) is 38.0 Å². The van der Waals surface area contributed by atoms with Gasteiger partial charge in [0.25, 0.3) is 0 Å². The molecule has 192 valence electrons. The molecule has 0 aromatic heterocycles. The number of allylic oxidation sites excluding steroid dienone is 2. The summed E-state index contributed by atoms with van der Waals surface area (Å²) in [5.41, 5.74) is 0. The Morgan fingerprint density at radius 3 is 1.61 bits per heavy atom. The van der Waals surface area contributed by atoms with Crippen molar-refractivity contribution in [2.75, 3.05) is 26.2 Å². The highest BCUT2D eigenvalue weighted by Crippen LogP contribution is 2.21. The molecule has 0 bridgehead atoms. The van der Waals surface area contributed by atoms with E-state index in [0.29, 0.717) is 43.4 Å². The first-order valence-corrected chi connectivity index (χ1v) is 12.7. The first-order valence-electron chi connectivity index (χ1n) is 12.7. The fourth-order valence-electron chi connectivity index (χ4n) is 3.88. The molecule has 7 heteroatoms. The van der Waals surface area contributed by atoms with E-state index in [9.17, 15) is 29.7 Å². The van der Waals surface area contributed by atoms with E-state index in [-0.39, 0.29) is 0 Å². The highest BCUT2D eigenvalue weighted by Gasteiger charge is 2.30. The van der Waals surface area contributed by atoms with Gasteiger partial charge in [-0.05, 0) is 32.1 Å². The van der Waals surface area contributed by atoms with Gasteiger partial charge in [-0.15, -0.1) is 0 Å². The van der Waals surface area contributed by atoms with Crippen molar-refractivity contribution in [2.24, 2.45) is 17.8 Å². The van der Waals surface area contributed by atoms with Crippen molar-refractivity contribution in [3.8, 4) is 0 Å². The molecule has 0 amide bonds. The number of aliphatic carboxylic acids is 3. The van der Waals surface area contributed by atoms with Crippen LogP contribution in [-0.4, -0.2) is 58.8 Å². The number of rotatable bonds is 21. The molecule has 0 aliphatic heterocycles. The standard InChI is InChI=1S/C26H47NO6/c1-5-6-7-8-9-10-11-12-13-17-27(18-14-21(2)24(28)29,19-15-22(3)25(30)31)20-16-23(4)26(32)33/h8-9,21-23H,5-7,10-20H2,1-4H3,(H2-,28,29,30,31,32,33)/b9-8+. The van der Waals surface area contributed by atoms with Crippen molar-refractivity contribution in [3.63, 3.8) is 0 Å². The summed E-state index contributed by atoms with van der Waals surface area (Å²) in [6.45, 7) is 9.79. The highest BCUT2D eigenvalue weighted by molar-refractivity contribution is 5.69. The Labute approximate surface area is 200 Å². The van der Waals surface area contributed by atoms with Crippen LogP contribution in [0.25, 0.3) is 0 Å². The Kier molecular flexibility index (Phi) is 16.6. The summed E-state index contributed by atoms with van der Waals surface area (Å²) in [6.07, 6.45) is 13.5. The molecule has 0 saturated heterocycles. The van der Waals surface area contributed by atoms with Crippen molar-refractivity contribution in [2.45, 2.75) is 91.9 Å². The molecular weight excluding hydrogens is 422 g/mol. The molecule has 3 atom stereocenters. The number of hydrogen-bond donors (Lipinski definition) is 2. The SMILES string of the molecule is CCCC/C=C/CCCCC[N+](CCC(C)C(=O)[O-])(CCC(C)C(=O)O)CCC(C)C(=O)O. The summed E-state index contributed by atoms with van der Waals surface area (Å²) in [7, 11) is 0. The third-order valence-corrected chi connectivity index (χ3v) is 6.75. The van der Waals surface area contributed by atoms with E-state index in [1.54, 1.807) is 20.8 Å². The van der Waals surface area contributed by atoms with Crippen LogP contribution in [0.1, 0.15) is 91.9 Å². The lowest BCUT2D eigenvalue weighted by Gasteiger charge is -2.41. The monoisotopic (exact) mass is 469 g/mol. The van der Waals surface area contributed by atoms with Gasteiger partial charge in [0.2, 0.25) is 0 Å². The summed E-state index contributed by atoms with van der Waals surface area (Å²) in [5.74, 6) is -4.35. The predicted octanol–water partition coefficient (Wildman–Crippen LogP) is 4.11. The first kappa shape index (κ1) is 31.1. The molecule has 0 rings (SSSR count). The minimum atomic E-state index is -1.08. The van der Waals surface area contributed by atoms with Crippen molar-refractivity contribution >= 4 is 17.9 Å². The van der Waals surface area contributed by atoms with Gasteiger partial charge in [-0.1, -0.05) is 52.7 Å². The number of hydrogen-bond acceptors (Lipinski definition) is 4. The minimum absolute atomic E-state index is 0.436. The van der Waals surface area contributed by atoms with Crippen LogP contribution in [0.3, 0.4) is 0 Å². The number of carboxylic acids is 3. The zero-order valence-electron chi connectivity index (χ0n) is 21.3. The van der Waals surface area contributed by atoms with Gasteiger partial charge in [0.1, 0.15) is 0 Å². The number of nitrogens with zero attached hydrogens (tertiary/aromatic N) is 1. The molecule has 33 heavy (non-hydrogen) atoms. The molecule has 0 fully saturated rings. The number of carboxylic acid groups (broad SMARTS) is 3. The first-order chi connectivity index (χ1) is 15.5. The second kappa shape index (κ2) is 17.6. The lowest BCUT2D eigenvalue weighted by Crippen LogP contribution is -2.52. The van der Waals surface area contributed by atoms with Crippen LogP contribution in [-0.2, 0) is 14.4 Å². The van der Waals surface area contributed by atoms with Crippen LogP contribution in [0.15, 0.2) is 12.2 Å². The summed E-state index contributed by atoms with van der Waals surface area (Å²) in [4.78, 5) is 34.0. The Morgan fingerprint density at radius 2 is 1.18 bits per heavy atom. The van der Waals surface area contributed by atoms with E-state index in [0.717, 1.165) is 38.6 Å². The fourth-order valence-corrected chi connectivity index (χ4v) is 3.88. The Bertz CT molecular complexity index is 544. The normalized spacial score (nSPS) is 16.2. The molecule has 0 aliphatic rings. The zero-order chi connectivity index (χ0) is 25.3. The van der Waals surface area contributed by atoms with Crippen LogP contribution >= 0.6 is 0 Å². The van der Waals surface area contributed by atoms with Gasteiger partial charge >= 0.3 is 11.9 Å². The van der Waals surface area contributed by atoms with Crippen LogP contribution in [0.5, 0.6) is 0 Å². The number of carbonyl (C=O) groups is 3. The Hall–Kier alpha value is -1.89. The van der Waals surface area contributed by atoms with Gasteiger partial charge in [-0.2, -0.15) is 0 Å².